The van der Waals surface area contributed by atoms with Crippen LogP contribution in [-0.2, 0) is 13.0 Å². The zero-order valence-corrected chi connectivity index (χ0v) is 11.1. The highest BCUT2D eigenvalue weighted by Crippen LogP contribution is 2.14. The van der Waals surface area contributed by atoms with Gasteiger partial charge < -0.3 is 10.6 Å². The van der Waals surface area contributed by atoms with Gasteiger partial charge in [-0.2, -0.15) is 0 Å². The van der Waals surface area contributed by atoms with Crippen LogP contribution < -0.4 is 5.73 Å². The van der Waals surface area contributed by atoms with Gasteiger partial charge in [0.2, 0.25) is 0 Å². The molecular formula is C16H20N2. The fourth-order valence-electron chi connectivity index (χ4n) is 2.14. The number of benzene rings is 2. The average molecular weight is 240 g/mol. The van der Waals surface area contributed by atoms with Gasteiger partial charge in [-0.1, -0.05) is 36.4 Å². The molecule has 2 nitrogen and oxygen atoms in total. The van der Waals surface area contributed by atoms with E-state index in [-0.39, 0.29) is 0 Å². The fraction of sp³-hybridized carbons (Fsp3) is 0.250. The Bertz CT molecular complexity index is 518. The minimum atomic E-state index is 0.831. The van der Waals surface area contributed by atoms with Gasteiger partial charge in [0.05, 0.1) is 0 Å². The molecule has 0 radical (unpaired) electrons. The molecule has 0 fully saturated rings. The second-order valence-corrected chi connectivity index (χ2v) is 4.98. The summed E-state index contributed by atoms with van der Waals surface area (Å²) in [5, 5.41) is 0. The summed E-state index contributed by atoms with van der Waals surface area (Å²) < 4.78 is 0. The Hall–Kier alpha value is -1.80. The first-order chi connectivity index (χ1) is 8.63. The summed E-state index contributed by atoms with van der Waals surface area (Å²) >= 11 is 0. The van der Waals surface area contributed by atoms with Crippen LogP contribution >= 0.6 is 0 Å². The maximum Gasteiger partial charge on any atom is 0.0316 e. The van der Waals surface area contributed by atoms with Crippen molar-refractivity contribution < 1.29 is 0 Å². The Kier molecular flexibility index (Phi) is 4.00. The highest BCUT2D eigenvalue weighted by molar-refractivity contribution is 5.42. The topological polar surface area (TPSA) is 29.3 Å². The largest absolute Gasteiger partial charge is 0.399 e. The van der Waals surface area contributed by atoms with E-state index in [4.69, 9.17) is 5.73 Å². The first kappa shape index (κ1) is 12.7. The number of nitrogens with zero attached hydrogens (tertiary/aromatic N) is 1. The predicted molar refractivity (Wildman–Crippen MR) is 77.5 cm³/mol. The summed E-state index contributed by atoms with van der Waals surface area (Å²) in [5.41, 5.74) is 10.6. The Balaban J connectivity index is 2.14. The van der Waals surface area contributed by atoms with E-state index >= 15 is 0 Å². The van der Waals surface area contributed by atoms with Crippen molar-refractivity contribution in [1.82, 2.24) is 4.90 Å². The molecule has 0 atom stereocenters. The lowest BCUT2D eigenvalue weighted by Crippen LogP contribution is -2.10. The lowest BCUT2D eigenvalue weighted by atomic mass is 10.0. The molecule has 2 rings (SSSR count). The molecule has 2 aromatic carbocycles. The molecule has 94 valence electrons. The number of anilines is 1. The van der Waals surface area contributed by atoms with Crippen molar-refractivity contribution in [2.75, 3.05) is 19.8 Å². The van der Waals surface area contributed by atoms with E-state index in [1.54, 1.807) is 0 Å². The van der Waals surface area contributed by atoms with E-state index in [9.17, 15) is 0 Å². The van der Waals surface area contributed by atoms with E-state index < -0.39 is 0 Å². The third kappa shape index (κ3) is 3.60. The van der Waals surface area contributed by atoms with Crippen LogP contribution in [0.3, 0.4) is 0 Å². The molecule has 0 saturated heterocycles. The SMILES string of the molecule is CN(C)Cc1cccc(Cc2cccc(N)c2)c1. The van der Waals surface area contributed by atoms with Crippen molar-refractivity contribution in [3.63, 3.8) is 0 Å². The quantitative estimate of drug-likeness (QED) is 0.833. The molecule has 0 saturated carbocycles. The average Bonchev–Trinajstić information content (AvgIpc) is 2.28. The Morgan fingerprint density at radius 2 is 1.50 bits per heavy atom. The molecule has 0 aromatic heterocycles. The van der Waals surface area contributed by atoms with E-state index in [1.807, 2.05) is 18.2 Å². The molecule has 2 aromatic rings. The van der Waals surface area contributed by atoms with Gasteiger partial charge in [0.25, 0.3) is 0 Å². The van der Waals surface area contributed by atoms with Crippen molar-refractivity contribution in [3.8, 4) is 0 Å². The maximum absolute atomic E-state index is 5.80. The Morgan fingerprint density at radius 1 is 0.889 bits per heavy atom. The molecule has 18 heavy (non-hydrogen) atoms. The Labute approximate surface area is 109 Å². The van der Waals surface area contributed by atoms with Gasteiger partial charge in [-0.3, -0.25) is 0 Å². The van der Waals surface area contributed by atoms with Gasteiger partial charge in [0, 0.05) is 12.2 Å². The van der Waals surface area contributed by atoms with Crippen LogP contribution in [-0.4, -0.2) is 19.0 Å². The third-order valence-electron chi connectivity index (χ3n) is 2.85. The first-order valence-corrected chi connectivity index (χ1v) is 6.20. The van der Waals surface area contributed by atoms with Gasteiger partial charge in [0.1, 0.15) is 0 Å². The van der Waals surface area contributed by atoms with Crippen LogP contribution in [0.15, 0.2) is 48.5 Å². The predicted octanol–water partition coefficient (Wildman–Crippen LogP) is 2.92. The second kappa shape index (κ2) is 5.69. The molecule has 0 bridgehead atoms. The Morgan fingerprint density at radius 3 is 2.17 bits per heavy atom. The molecule has 2 N–H and O–H groups in total. The lowest BCUT2D eigenvalue weighted by molar-refractivity contribution is 0.402. The lowest BCUT2D eigenvalue weighted by Gasteiger charge is -2.11. The highest BCUT2D eigenvalue weighted by atomic mass is 15.0. The minimum Gasteiger partial charge on any atom is -0.399 e. The molecule has 0 amide bonds. The standard InChI is InChI=1S/C16H20N2/c1-18(2)12-15-7-3-5-13(10-15)9-14-6-4-8-16(17)11-14/h3-8,10-11H,9,12,17H2,1-2H3. The number of hydrogen-bond donors (Lipinski definition) is 1. The van der Waals surface area contributed by atoms with Gasteiger partial charge in [-0.15, -0.1) is 0 Å². The third-order valence-corrected chi connectivity index (χ3v) is 2.85. The van der Waals surface area contributed by atoms with E-state index in [2.05, 4.69) is 49.3 Å². The van der Waals surface area contributed by atoms with Gasteiger partial charge in [-0.05, 0) is 49.3 Å². The van der Waals surface area contributed by atoms with Crippen molar-refractivity contribution in [1.29, 1.82) is 0 Å². The molecule has 0 aliphatic carbocycles. The van der Waals surface area contributed by atoms with Crippen LogP contribution in [0.5, 0.6) is 0 Å². The molecule has 0 aliphatic rings. The van der Waals surface area contributed by atoms with Crippen molar-refractivity contribution in [3.05, 3.63) is 65.2 Å². The van der Waals surface area contributed by atoms with E-state index in [1.165, 1.54) is 16.7 Å². The summed E-state index contributed by atoms with van der Waals surface area (Å²) in [5.74, 6) is 0. The molecule has 0 heterocycles. The molecule has 0 spiro atoms. The smallest absolute Gasteiger partial charge is 0.0316 e. The van der Waals surface area contributed by atoms with Crippen LogP contribution in [0.4, 0.5) is 5.69 Å². The second-order valence-electron chi connectivity index (χ2n) is 4.98. The molecule has 0 unspecified atom stereocenters. The van der Waals surface area contributed by atoms with Crippen molar-refractivity contribution >= 4 is 5.69 Å². The van der Waals surface area contributed by atoms with Crippen LogP contribution in [0, 0.1) is 0 Å². The monoisotopic (exact) mass is 240 g/mol. The van der Waals surface area contributed by atoms with Gasteiger partial charge >= 0.3 is 0 Å². The maximum atomic E-state index is 5.80. The van der Waals surface area contributed by atoms with Crippen molar-refractivity contribution in [2.45, 2.75) is 13.0 Å². The summed E-state index contributed by atoms with van der Waals surface area (Å²) in [6, 6.07) is 16.8. The van der Waals surface area contributed by atoms with E-state index in [0.717, 1.165) is 18.7 Å². The summed E-state index contributed by atoms with van der Waals surface area (Å²) in [6.45, 7) is 0.977. The number of hydrogen-bond acceptors (Lipinski definition) is 2. The first-order valence-electron chi connectivity index (χ1n) is 6.20. The molecule has 0 aliphatic heterocycles. The summed E-state index contributed by atoms with van der Waals surface area (Å²) in [6.07, 6.45) is 0.937. The minimum absolute atomic E-state index is 0.831. The number of rotatable bonds is 4. The van der Waals surface area contributed by atoms with Crippen LogP contribution in [0.1, 0.15) is 16.7 Å². The van der Waals surface area contributed by atoms with Crippen LogP contribution in [0.2, 0.25) is 0 Å². The van der Waals surface area contributed by atoms with Crippen LogP contribution in [0.25, 0.3) is 0 Å². The number of nitrogen functional groups attached to an aromatic ring is 1. The molecular weight excluding hydrogens is 220 g/mol. The number of nitrogens with two attached hydrogens (primary N) is 1. The summed E-state index contributed by atoms with van der Waals surface area (Å²) in [4.78, 5) is 2.18. The molecule has 2 heteroatoms. The van der Waals surface area contributed by atoms with E-state index in [0.29, 0.717) is 0 Å². The zero-order valence-electron chi connectivity index (χ0n) is 11.1. The summed E-state index contributed by atoms with van der Waals surface area (Å²) in [7, 11) is 4.18. The van der Waals surface area contributed by atoms with Crippen molar-refractivity contribution in [2.24, 2.45) is 0 Å². The van der Waals surface area contributed by atoms with Gasteiger partial charge in [0.15, 0.2) is 0 Å². The highest BCUT2D eigenvalue weighted by Gasteiger charge is 2.00. The normalized spacial score (nSPS) is 10.8. The zero-order chi connectivity index (χ0) is 13.0. The van der Waals surface area contributed by atoms with Gasteiger partial charge in [-0.25, -0.2) is 0 Å². The fourth-order valence-corrected chi connectivity index (χ4v) is 2.14.